The summed E-state index contributed by atoms with van der Waals surface area (Å²) >= 11 is 1.66. The Morgan fingerprint density at radius 3 is 3.11 bits per heavy atom. The largest absolute Gasteiger partial charge is 0.350 e. The van der Waals surface area contributed by atoms with Crippen LogP contribution in [0.1, 0.15) is 37.4 Å². The van der Waals surface area contributed by atoms with Gasteiger partial charge >= 0.3 is 0 Å². The molecule has 0 radical (unpaired) electrons. The molecule has 0 spiro atoms. The number of hydrogen-bond acceptors (Lipinski definition) is 4. The molecule has 4 nitrogen and oxygen atoms in total. The van der Waals surface area contributed by atoms with Gasteiger partial charge in [-0.25, -0.2) is 4.98 Å². The summed E-state index contributed by atoms with van der Waals surface area (Å²) in [6.07, 6.45) is 2.99. The minimum atomic E-state index is -0.262. The van der Waals surface area contributed by atoms with Crippen LogP contribution in [0.25, 0.3) is 0 Å². The van der Waals surface area contributed by atoms with Gasteiger partial charge in [-0.1, -0.05) is 6.92 Å². The molecule has 0 bridgehead atoms. The minimum Gasteiger partial charge on any atom is -0.350 e. The van der Waals surface area contributed by atoms with E-state index in [9.17, 15) is 4.79 Å². The molecule has 1 aliphatic heterocycles. The molecule has 0 saturated carbocycles. The maximum atomic E-state index is 12.2. The number of rotatable bonds is 4. The van der Waals surface area contributed by atoms with Crippen molar-refractivity contribution in [3.63, 3.8) is 0 Å². The lowest BCUT2D eigenvalue weighted by molar-refractivity contribution is -0.131. The van der Waals surface area contributed by atoms with Gasteiger partial charge in [0.05, 0.1) is 22.7 Å². The van der Waals surface area contributed by atoms with E-state index in [4.69, 9.17) is 0 Å². The van der Waals surface area contributed by atoms with Gasteiger partial charge in [0.25, 0.3) is 0 Å². The van der Waals surface area contributed by atoms with Crippen molar-refractivity contribution in [1.82, 2.24) is 15.6 Å². The lowest BCUT2D eigenvalue weighted by Gasteiger charge is -2.32. The maximum absolute atomic E-state index is 12.2. The summed E-state index contributed by atoms with van der Waals surface area (Å²) in [5, 5.41) is 9.46. The summed E-state index contributed by atoms with van der Waals surface area (Å²) in [7, 11) is 0. The van der Waals surface area contributed by atoms with E-state index in [-0.39, 0.29) is 11.3 Å². The highest BCUT2D eigenvalue weighted by atomic mass is 32.1. The standard InChI is InChI=1S/C13H21N3OS/c1-3-11-16-10(8-18-11)7-15-12(17)13(2)5-4-6-14-9-13/h8,14H,3-7,9H2,1-2H3,(H,15,17). The lowest BCUT2D eigenvalue weighted by atomic mass is 9.82. The summed E-state index contributed by atoms with van der Waals surface area (Å²) in [5.74, 6) is 0.140. The van der Waals surface area contributed by atoms with Crippen molar-refractivity contribution >= 4 is 17.2 Å². The van der Waals surface area contributed by atoms with Crippen LogP contribution in [0.2, 0.25) is 0 Å². The molecule has 1 atom stereocenters. The van der Waals surface area contributed by atoms with Gasteiger partial charge in [0, 0.05) is 11.9 Å². The summed E-state index contributed by atoms with van der Waals surface area (Å²) < 4.78 is 0. The van der Waals surface area contributed by atoms with E-state index in [1.165, 1.54) is 0 Å². The van der Waals surface area contributed by atoms with Crippen molar-refractivity contribution in [3.8, 4) is 0 Å². The molecule has 1 aromatic heterocycles. The first-order chi connectivity index (χ1) is 8.64. The molecule has 1 amide bonds. The molecule has 2 heterocycles. The third-order valence-electron chi connectivity index (χ3n) is 3.48. The van der Waals surface area contributed by atoms with E-state index in [0.29, 0.717) is 6.54 Å². The molecule has 1 aliphatic rings. The number of hydrogen-bond donors (Lipinski definition) is 2. The topological polar surface area (TPSA) is 54.0 Å². The number of amides is 1. The highest BCUT2D eigenvalue weighted by Gasteiger charge is 2.34. The average Bonchev–Trinajstić information content (AvgIpc) is 2.84. The average molecular weight is 267 g/mol. The monoisotopic (exact) mass is 267 g/mol. The Labute approximate surface area is 112 Å². The summed E-state index contributed by atoms with van der Waals surface area (Å²) in [5.41, 5.74) is 0.708. The molecule has 0 aliphatic carbocycles. The Balaban J connectivity index is 1.87. The van der Waals surface area contributed by atoms with Crippen LogP contribution in [0.4, 0.5) is 0 Å². The highest BCUT2D eigenvalue weighted by Crippen LogP contribution is 2.25. The normalized spacial score (nSPS) is 23.9. The second-order valence-electron chi connectivity index (χ2n) is 5.11. The summed E-state index contributed by atoms with van der Waals surface area (Å²) in [6.45, 7) is 6.47. The van der Waals surface area contributed by atoms with Crippen molar-refractivity contribution in [2.75, 3.05) is 13.1 Å². The van der Waals surface area contributed by atoms with Crippen molar-refractivity contribution in [3.05, 3.63) is 16.1 Å². The quantitative estimate of drug-likeness (QED) is 0.873. The molecule has 1 fully saturated rings. The fourth-order valence-electron chi connectivity index (χ4n) is 2.23. The van der Waals surface area contributed by atoms with Crippen LogP contribution in [0.3, 0.4) is 0 Å². The van der Waals surface area contributed by atoms with E-state index in [1.54, 1.807) is 11.3 Å². The van der Waals surface area contributed by atoms with Crippen molar-refractivity contribution in [1.29, 1.82) is 0 Å². The predicted molar refractivity (Wildman–Crippen MR) is 73.5 cm³/mol. The van der Waals surface area contributed by atoms with Crippen LogP contribution in [-0.2, 0) is 17.8 Å². The fourth-order valence-corrected chi connectivity index (χ4v) is 2.97. The minimum absolute atomic E-state index is 0.140. The number of thiazole rings is 1. The molecule has 1 unspecified atom stereocenters. The van der Waals surface area contributed by atoms with E-state index in [1.807, 2.05) is 12.3 Å². The van der Waals surface area contributed by atoms with E-state index in [0.717, 1.165) is 43.1 Å². The van der Waals surface area contributed by atoms with E-state index < -0.39 is 0 Å². The van der Waals surface area contributed by atoms with Crippen LogP contribution < -0.4 is 10.6 Å². The van der Waals surface area contributed by atoms with Crippen LogP contribution in [0, 0.1) is 5.41 Å². The lowest BCUT2D eigenvalue weighted by Crippen LogP contribution is -2.48. The molecule has 0 aromatic carbocycles. The molecule has 1 saturated heterocycles. The first-order valence-electron chi connectivity index (χ1n) is 6.56. The second kappa shape index (κ2) is 5.80. The summed E-state index contributed by atoms with van der Waals surface area (Å²) in [4.78, 5) is 16.7. The van der Waals surface area contributed by atoms with Crippen molar-refractivity contribution in [2.24, 2.45) is 5.41 Å². The first kappa shape index (κ1) is 13.5. The van der Waals surface area contributed by atoms with Crippen LogP contribution in [0.5, 0.6) is 0 Å². The SMILES string of the molecule is CCc1nc(CNC(=O)C2(C)CCCNC2)cs1. The fraction of sp³-hybridized carbons (Fsp3) is 0.692. The van der Waals surface area contributed by atoms with Gasteiger partial charge in [-0.3, -0.25) is 4.79 Å². The van der Waals surface area contributed by atoms with Gasteiger partial charge in [0.1, 0.15) is 0 Å². The van der Waals surface area contributed by atoms with Crippen LogP contribution in [0.15, 0.2) is 5.38 Å². The Bertz CT molecular complexity index is 410. The van der Waals surface area contributed by atoms with Gasteiger partial charge in [-0.2, -0.15) is 0 Å². The first-order valence-corrected chi connectivity index (χ1v) is 7.44. The molecule has 100 valence electrons. The number of aryl methyl sites for hydroxylation is 1. The Morgan fingerprint density at radius 1 is 1.67 bits per heavy atom. The predicted octanol–water partition coefficient (Wildman–Crippen LogP) is 1.71. The van der Waals surface area contributed by atoms with Gasteiger partial charge in [-0.15, -0.1) is 11.3 Å². The smallest absolute Gasteiger partial charge is 0.227 e. The van der Waals surface area contributed by atoms with Gasteiger partial charge in [-0.05, 0) is 32.7 Å². The van der Waals surface area contributed by atoms with Gasteiger partial charge < -0.3 is 10.6 Å². The number of carbonyl (C=O) groups excluding carboxylic acids is 1. The third-order valence-corrected chi connectivity index (χ3v) is 4.52. The number of nitrogens with zero attached hydrogens (tertiary/aromatic N) is 1. The Morgan fingerprint density at radius 2 is 2.50 bits per heavy atom. The van der Waals surface area contributed by atoms with E-state index >= 15 is 0 Å². The number of nitrogens with one attached hydrogen (secondary N) is 2. The molecule has 2 N–H and O–H groups in total. The number of piperidine rings is 1. The highest BCUT2D eigenvalue weighted by molar-refractivity contribution is 7.09. The molecule has 18 heavy (non-hydrogen) atoms. The van der Waals surface area contributed by atoms with Crippen molar-refractivity contribution < 1.29 is 4.79 Å². The summed E-state index contributed by atoms with van der Waals surface area (Å²) in [6, 6.07) is 0. The van der Waals surface area contributed by atoms with Crippen LogP contribution >= 0.6 is 11.3 Å². The maximum Gasteiger partial charge on any atom is 0.227 e. The molecule has 2 rings (SSSR count). The third kappa shape index (κ3) is 3.09. The molecule has 1 aromatic rings. The second-order valence-corrected chi connectivity index (χ2v) is 6.05. The van der Waals surface area contributed by atoms with Gasteiger partial charge in [0.2, 0.25) is 5.91 Å². The Hall–Kier alpha value is -0.940. The van der Waals surface area contributed by atoms with Gasteiger partial charge in [0.15, 0.2) is 0 Å². The number of aromatic nitrogens is 1. The molecular formula is C13H21N3OS. The zero-order valence-corrected chi connectivity index (χ0v) is 11.9. The van der Waals surface area contributed by atoms with E-state index in [2.05, 4.69) is 22.5 Å². The molecular weight excluding hydrogens is 246 g/mol. The number of carbonyl (C=O) groups is 1. The molecule has 5 heteroatoms. The Kier molecular flexibility index (Phi) is 4.35. The zero-order valence-electron chi connectivity index (χ0n) is 11.1. The zero-order chi connectivity index (χ0) is 13.0. The van der Waals surface area contributed by atoms with Crippen molar-refractivity contribution in [2.45, 2.75) is 39.7 Å². The van der Waals surface area contributed by atoms with Crippen LogP contribution in [-0.4, -0.2) is 24.0 Å².